The van der Waals surface area contributed by atoms with Crippen LogP contribution in [0.3, 0.4) is 0 Å². The van der Waals surface area contributed by atoms with Gasteiger partial charge in [-0.15, -0.1) is 0 Å². The van der Waals surface area contributed by atoms with Crippen LogP contribution in [0.1, 0.15) is 37.9 Å². The molecule has 13 nitrogen and oxygen atoms in total. The molecule has 2 aromatic rings. The molecule has 0 saturated carbocycles. The van der Waals surface area contributed by atoms with Crippen molar-refractivity contribution in [2.24, 2.45) is 4.99 Å². The van der Waals surface area contributed by atoms with Crippen molar-refractivity contribution < 1.29 is 29.0 Å². The van der Waals surface area contributed by atoms with E-state index in [-0.39, 0.29) is 54.1 Å². The quantitative estimate of drug-likeness (QED) is 0.281. The maximum absolute atomic E-state index is 12.8. The number of guanidine groups is 1. The Kier molecular flexibility index (Phi) is 8.39. The second-order valence-electron chi connectivity index (χ2n) is 7.46. The molecule has 13 heteroatoms. The second kappa shape index (κ2) is 11.6. The van der Waals surface area contributed by atoms with Crippen LogP contribution < -0.4 is 20.2 Å². The third kappa shape index (κ3) is 6.05. The van der Waals surface area contributed by atoms with Crippen LogP contribution in [0.25, 0.3) is 0 Å². The molecule has 0 saturated heterocycles. The predicted molar refractivity (Wildman–Crippen MR) is 128 cm³/mol. The Labute approximate surface area is 206 Å². The zero-order valence-corrected chi connectivity index (χ0v) is 19.8. The highest BCUT2D eigenvalue weighted by Crippen LogP contribution is 2.42. The minimum atomic E-state index is -1.30. The van der Waals surface area contributed by atoms with Crippen LogP contribution in [-0.4, -0.2) is 35.1 Å². The first-order valence-corrected chi connectivity index (χ1v) is 11.0. The van der Waals surface area contributed by atoms with Crippen LogP contribution in [0, 0.1) is 20.2 Å². The molecule has 1 aliphatic heterocycles. The van der Waals surface area contributed by atoms with E-state index in [0.29, 0.717) is 0 Å². The second-order valence-corrected chi connectivity index (χ2v) is 7.46. The predicted octanol–water partition coefficient (Wildman–Crippen LogP) is 3.19. The first-order valence-electron chi connectivity index (χ1n) is 11.0. The Balaban J connectivity index is 2.14. The van der Waals surface area contributed by atoms with E-state index in [9.17, 15) is 25.0 Å². The summed E-state index contributed by atoms with van der Waals surface area (Å²) in [6.07, 6.45) is 0. The van der Waals surface area contributed by atoms with E-state index in [1.54, 1.807) is 13.8 Å². The molecule has 3 rings (SSSR count). The number of hydrogen-bond donors (Lipinski definition) is 2. The van der Waals surface area contributed by atoms with E-state index >= 15 is 0 Å². The van der Waals surface area contributed by atoms with E-state index in [1.807, 2.05) is 35.8 Å². The van der Waals surface area contributed by atoms with Crippen molar-refractivity contribution in [2.75, 3.05) is 13.2 Å². The lowest BCUT2D eigenvalue weighted by atomic mass is 9.94. The summed E-state index contributed by atoms with van der Waals surface area (Å²) in [6.45, 7) is 5.23. The number of nitrogens with zero attached hydrogens (tertiary/aromatic N) is 3. The molecule has 0 aliphatic carbocycles. The van der Waals surface area contributed by atoms with Crippen LogP contribution in [0.2, 0.25) is 0 Å². The summed E-state index contributed by atoms with van der Waals surface area (Å²) in [6, 6.07) is 10.5. The zero-order chi connectivity index (χ0) is 26.2. The van der Waals surface area contributed by atoms with Crippen LogP contribution in [0.5, 0.6) is 11.5 Å². The third-order valence-corrected chi connectivity index (χ3v) is 5.06. The Morgan fingerprint density at radius 3 is 2.39 bits per heavy atom. The maximum atomic E-state index is 12.8. The normalized spacial score (nSPS) is 14.9. The third-order valence-electron chi connectivity index (χ3n) is 5.06. The Morgan fingerprint density at radius 2 is 1.78 bits per heavy atom. The summed E-state index contributed by atoms with van der Waals surface area (Å²) in [5.41, 5.74) is 2.45. The molecule has 0 amide bonds. The number of carbonyl (C=O) groups is 1. The Bertz CT molecular complexity index is 1210. The molecule has 1 aliphatic rings. The number of hydrazine groups is 1. The molecule has 0 fully saturated rings. The van der Waals surface area contributed by atoms with Gasteiger partial charge in [-0.2, -0.15) is 0 Å². The fourth-order valence-electron chi connectivity index (χ4n) is 3.58. The summed E-state index contributed by atoms with van der Waals surface area (Å²) in [4.78, 5) is 39.4. The van der Waals surface area contributed by atoms with Gasteiger partial charge in [0.25, 0.3) is 11.6 Å². The largest absolute Gasteiger partial charge is 0.490 e. The number of benzene rings is 2. The van der Waals surface area contributed by atoms with E-state index in [0.717, 1.165) is 5.56 Å². The van der Waals surface area contributed by atoms with E-state index in [2.05, 4.69) is 10.3 Å². The van der Waals surface area contributed by atoms with Gasteiger partial charge in [-0.1, -0.05) is 35.8 Å². The summed E-state index contributed by atoms with van der Waals surface area (Å²) in [5, 5.41) is 24.9. The monoisotopic (exact) mass is 499 g/mol. The van der Waals surface area contributed by atoms with E-state index in [1.165, 1.54) is 19.1 Å². The van der Waals surface area contributed by atoms with Crippen LogP contribution in [0.4, 0.5) is 5.69 Å². The van der Waals surface area contributed by atoms with Crippen LogP contribution in [0.15, 0.2) is 58.7 Å². The van der Waals surface area contributed by atoms with E-state index < -0.39 is 27.7 Å². The molecular formula is C23H25N5O8. The van der Waals surface area contributed by atoms with Gasteiger partial charge >= 0.3 is 5.97 Å². The Hall–Kier alpha value is -4.68. The molecule has 36 heavy (non-hydrogen) atoms. The molecule has 0 radical (unpaired) electrons. The molecule has 2 N–H and O–H groups in total. The summed E-state index contributed by atoms with van der Waals surface area (Å²) < 4.78 is 16.6. The van der Waals surface area contributed by atoms with Crippen molar-refractivity contribution in [3.63, 3.8) is 0 Å². The molecule has 0 aromatic heterocycles. The fourth-order valence-corrected chi connectivity index (χ4v) is 3.58. The summed E-state index contributed by atoms with van der Waals surface area (Å²) >= 11 is 0. The number of nitrogens with one attached hydrogen (secondary N) is 2. The van der Waals surface area contributed by atoms with Gasteiger partial charge in [-0.3, -0.25) is 10.1 Å². The molecule has 1 heterocycles. The number of nitro groups is 2. The number of nitro benzene ring substituents is 1. The SMILES string of the molecule is CCOC(=O)C1=C(C)NC(N[N+](=O)[O-])=N[C@H]1c1cc(OCC)c(OCc2ccccc2)cc1[N+](=O)[O-]. The highest BCUT2D eigenvalue weighted by atomic mass is 16.7. The van der Waals surface area contributed by atoms with Gasteiger partial charge in [0.15, 0.2) is 16.5 Å². The first-order chi connectivity index (χ1) is 17.2. The van der Waals surface area contributed by atoms with Gasteiger partial charge in [-0.05, 0) is 32.4 Å². The number of hydrogen-bond acceptors (Lipinski definition) is 10. The minimum absolute atomic E-state index is 0.0259. The topological polar surface area (TPSA) is 167 Å². The van der Waals surface area contributed by atoms with Crippen molar-refractivity contribution in [2.45, 2.75) is 33.4 Å². The Morgan fingerprint density at radius 1 is 1.08 bits per heavy atom. The van der Waals surface area contributed by atoms with Gasteiger partial charge in [-0.25, -0.2) is 19.9 Å². The molecule has 0 bridgehead atoms. The maximum Gasteiger partial charge on any atom is 0.338 e. The average Bonchev–Trinajstić information content (AvgIpc) is 2.83. The molecule has 0 spiro atoms. The van der Waals surface area contributed by atoms with Crippen molar-refractivity contribution in [1.29, 1.82) is 0 Å². The van der Waals surface area contributed by atoms with Crippen molar-refractivity contribution in [3.8, 4) is 11.5 Å². The van der Waals surface area contributed by atoms with Gasteiger partial charge in [0.1, 0.15) is 12.6 Å². The smallest absolute Gasteiger partial charge is 0.338 e. The number of rotatable bonds is 10. The van der Waals surface area contributed by atoms with Crippen molar-refractivity contribution in [1.82, 2.24) is 10.7 Å². The first kappa shape index (κ1) is 25.9. The zero-order valence-electron chi connectivity index (χ0n) is 19.8. The van der Waals surface area contributed by atoms with Crippen molar-refractivity contribution in [3.05, 3.63) is 85.1 Å². The van der Waals surface area contributed by atoms with E-state index in [4.69, 9.17) is 14.2 Å². The summed E-state index contributed by atoms with van der Waals surface area (Å²) in [7, 11) is 0. The fraction of sp³-hybridized carbons (Fsp3) is 0.304. The lowest BCUT2D eigenvalue weighted by Crippen LogP contribution is -2.43. The number of esters is 1. The molecule has 1 atom stereocenters. The number of carbonyl (C=O) groups excluding carboxylic acids is 1. The molecule has 2 aromatic carbocycles. The van der Waals surface area contributed by atoms with Gasteiger partial charge in [0.2, 0.25) is 0 Å². The highest BCUT2D eigenvalue weighted by Gasteiger charge is 2.36. The molecular weight excluding hydrogens is 474 g/mol. The highest BCUT2D eigenvalue weighted by molar-refractivity contribution is 5.95. The van der Waals surface area contributed by atoms with Crippen LogP contribution in [-0.2, 0) is 16.1 Å². The van der Waals surface area contributed by atoms with Crippen LogP contribution >= 0.6 is 0 Å². The summed E-state index contributed by atoms with van der Waals surface area (Å²) in [5.74, 6) is -0.760. The number of ether oxygens (including phenoxy) is 3. The minimum Gasteiger partial charge on any atom is -0.490 e. The van der Waals surface area contributed by atoms with Crippen molar-refractivity contribution >= 4 is 17.6 Å². The molecule has 190 valence electrons. The number of allylic oxidation sites excluding steroid dienone is 1. The van der Waals surface area contributed by atoms with Gasteiger partial charge < -0.3 is 19.5 Å². The lowest BCUT2D eigenvalue weighted by Gasteiger charge is -2.25. The number of aliphatic imine (C=N–C) groups is 1. The van der Waals surface area contributed by atoms with Gasteiger partial charge in [0, 0.05) is 5.70 Å². The average molecular weight is 499 g/mol. The van der Waals surface area contributed by atoms with Gasteiger partial charge in [0.05, 0.1) is 35.3 Å². The standard InChI is InChI=1S/C23H25N5O8/c1-4-34-18-11-16(17(27(30)31)12-19(18)36-13-15-9-7-6-8-10-15)21-20(22(29)35-5-2)14(3)24-23(25-21)26-28(32)33/h6-12,21H,4-5,13H2,1-3H3,(H2,24,25,26)/t21-/m0/s1. The lowest BCUT2D eigenvalue weighted by molar-refractivity contribution is -0.525. The molecule has 0 unspecified atom stereocenters.